The molecule has 0 radical (unpaired) electrons. The van der Waals surface area contributed by atoms with E-state index < -0.39 is 0 Å². The monoisotopic (exact) mass is 472 g/mol. The first-order chi connectivity index (χ1) is 14.9. The van der Waals surface area contributed by atoms with Crippen molar-refractivity contribution in [1.82, 2.24) is 4.98 Å². The number of pyridine rings is 1. The van der Waals surface area contributed by atoms with Crippen LogP contribution in [0.4, 0.5) is 11.5 Å². The average Bonchev–Trinajstić information content (AvgIpc) is 3.07. The van der Waals surface area contributed by atoms with Gasteiger partial charge in [-0.1, -0.05) is 73.1 Å². The lowest BCUT2D eigenvalue weighted by Gasteiger charge is -2.29. The molecule has 0 bridgehead atoms. The Hall–Kier alpha value is -2.85. The number of hydrogen-bond acceptors (Lipinski definition) is 3. The number of rotatable bonds is 3. The molecule has 5 rings (SSSR count). The third-order valence-corrected chi connectivity index (χ3v) is 6.41. The van der Waals surface area contributed by atoms with Crippen molar-refractivity contribution >= 4 is 27.4 Å². The SMILES string of the molecule is CC(C)(C)c1ccnc(N2c3cc(Oc4cccc(Br)c4)ccc3C3C=CC=CC32)c1. The summed E-state index contributed by atoms with van der Waals surface area (Å²) >= 11 is 3.52. The van der Waals surface area contributed by atoms with Gasteiger partial charge in [0, 0.05) is 22.7 Å². The molecule has 0 fully saturated rings. The summed E-state index contributed by atoms with van der Waals surface area (Å²) in [4.78, 5) is 7.12. The Labute approximate surface area is 192 Å². The van der Waals surface area contributed by atoms with E-state index in [0.717, 1.165) is 27.5 Å². The second-order valence-electron chi connectivity index (χ2n) is 9.09. The molecule has 0 N–H and O–H groups in total. The van der Waals surface area contributed by atoms with Crippen LogP contribution in [0.15, 0.2) is 89.6 Å². The summed E-state index contributed by atoms with van der Waals surface area (Å²) in [5.41, 5.74) is 3.79. The maximum absolute atomic E-state index is 6.19. The van der Waals surface area contributed by atoms with Crippen LogP contribution in [0.2, 0.25) is 0 Å². The van der Waals surface area contributed by atoms with E-state index in [-0.39, 0.29) is 11.5 Å². The first-order valence-corrected chi connectivity index (χ1v) is 11.4. The normalized spacial score (nSPS) is 19.3. The molecular weight excluding hydrogens is 448 g/mol. The van der Waals surface area contributed by atoms with Crippen molar-refractivity contribution in [2.75, 3.05) is 4.90 Å². The summed E-state index contributed by atoms with van der Waals surface area (Å²) in [7, 11) is 0. The van der Waals surface area contributed by atoms with Gasteiger partial charge in [-0.15, -0.1) is 0 Å². The average molecular weight is 473 g/mol. The molecule has 3 aromatic rings. The number of halogens is 1. The van der Waals surface area contributed by atoms with Crippen LogP contribution in [0.3, 0.4) is 0 Å². The van der Waals surface area contributed by atoms with E-state index in [9.17, 15) is 0 Å². The van der Waals surface area contributed by atoms with Gasteiger partial charge in [0.05, 0.1) is 11.7 Å². The number of benzene rings is 2. The zero-order valence-electron chi connectivity index (χ0n) is 17.9. The number of aromatic nitrogens is 1. The van der Waals surface area contributed by atoms with Gasteiger partial charge in [0.1, 0.15) is 17.3 Å². The molecule has 1 aromatic heterocycles. The maximum atomic E-state index is 6.19. The highest BCUT2D eigenvalue weighted by atomic mass is 79.9. The van der Waals surface area contributed by atoms with Crippen molar-refractivity contribution in [2.24, 2.45) is 0 Å². The highest BCUT2D eigenvalue weighted by Crippen LogP contribution is 2.49. The van der Waals surface area contributed by atoms with Gasteiger partial charge < -0.3 is 9.64 Å². The summed E-state index contributed by atoms with van der Waals surface area (Å²) in [6, 6.07) is 18.9. The van der Waals surface area contributed by atoms with Gasteiger partial charge in [-0.2, -0.15) is 0 Å². The lowest BCUT2D eigenvalue weighted by molar-refractivity contribution is 0.482. The van der Waals surface area contributed by atoms with Crippen LogP contribution in [0, 0.1) is 0 Å². The molecule has 2 heterocycles. The van der Waals surface area contributed by atoms with Crippen molar-refractivity contribution in [3.05, 3.63) is 101 Å². The van der Waals surface area contributed by atoms with E-state index in [0.29, 0.717) is 5.92 Å². The standard InChI is InChI=1S/C27H25BrN2O/c1-27(2,3)18-13-14-29-26(15-18)30-24-10-5-4-9-22(24)23-12-11-21(17-25(23)30)31-20-8-6-7-19(28)16-20/h4-17,22,24H,1-3H3. The highest BCUT2D eigenvalue weighted by molar-refractivity contribution is 9.10. The van der Waals surface area contributed by atoms with E-state index in [2.05, 4.69) is 96.2 Å². The molecule has 1 aliphatic heterocycles. The molecule has 4 heteroatoms. The molecule has 2 aromatic carbocycles. The van der Waals surface area contributed by atoms with Crippen molar-refractivity contribution in [1.29, 1.82) is 0 Å². The molecule has 0 spiro atoms. The zero-order chi connectivity index (χ0) is 21.6. The molecule has 31 heavy (non-hydrogen) atoms. The Bertz CT molecular complexity index is 1190. The van der Waals surface area contributed by atoms with Crippen LogP contribution in [-0.2, 0) is 5.41 Å². The van der Waals surface area contributed by atoms with Crippen LogP contribution >= 0.6 is 15.9 Å². The van der Waals surface area contributed by atoms with E-state index in [1.807, 2.05) is 30.5 Å². The van der Waals surface area contributed by atoms with Crippen LogP contribution in [-0.4, -0.2) is 11.0 Å². The van der Waals surface area contributed by atoms with Crippen molar-refractivity contribution in [3.63, 3.8) is 0 Å². The minimum absolute atomic E-state index is 0.0631. The number of fused-ring (bicyclic) bond motifs is 3. The minimum atomic E-state index is 0.0631. The minimum Gasteiger partial charge on any atom is -0.457 e. The molecule has 3 nitrogen and oxygen atoms in total. The van der Waals surface area contributed by atoms with E-state index in [4.69, 9.17) is 9.72 Å². The van der Waals surface area contributed by atoms with E-state index >= 15 is 0 Å². The van der Waals surface area contributed by atoms with E-state index in [1.165, 1.54) is 11.1 Å². The fraction of sp³-hybridized carbons (Fsp3) is 0.222. The van der Waals surface area contributed by atoms with Crippen molar-refractivity contribution in [2.45, 2.75) is 38.1 Å². The van der Waals surface area contributed by atoms with Gasteiger partial charge >= 0.3 is 0 Å². The van der Waals surface area contributed by atoms with Crippen LogP contribution in [0.25, 0.3) is 0 Å². The highest BCUT2D eigenvalue weighted by Gasteiger charge is 2.38. The van der Waals surface area contributed by atoms with Crippen molar-refractivity contribution in [3.8, 4) is 11.5 Å². The quantitative estimate of drug-likeness (QED) is 0.390. The third-order valence-electron chi connectivity index (χ3n) is 5.91. The molecule has 0 amide bonds. The molecule has 0 saturated carbocycles. The van der Waals surface area contributed by atoms with Gasteiger partial charge in [0.25, 0.3) is 0 Å². The van der Waals surface area contributed by atoms with Crippen molar-refractivity contribution < 1.29 is 4.74 Å². The summed E-state index contributed by atoms with van der Waals surface area (Å²) < 4.78 is 7.18. The lowest BCUT2D eigenvalue weighted by Crippen LogP contribution is -2.29. The molecule has 2 aliphatic rings. The van der Waals surface area contributed by atoms with Gasteiger partial charge in [-0.05, 0) is 52.9 Å². The summed E-state index contributed by atoms with van der Waals surface area (Å²) in [5.74, 6) is 2.91. The topological polar surface area (TPSA) is 25.4 Å². The third kappa shape index (κ3) is 3.81. The Morgan fingerprint density at radius 1 is 0.935 bits per heavy atom. The Balaban J connectivity index is 1.58. The van der Waals surface area contributed by atoms with Gasteiger partial charge in [-0.25, -0.2) is 4.98 Å². The first kappa shape index (κ1) is 20.1. The zero-order valence-corrected chi connectivity index (χ0v) is 19.5. The molecule has 0 saturated heterocycles. The number of allylic oxidation sites excluding steroid dienone is 2. The van der Waals surface area contributed by atoms with Gasteiger partial charge in [0.15, 0.2) is 0 Å². The van der Waals surface area contributed by atoms with Gasteiger partial charge in [0.2, 0.25) is 0 Å². The second kappa shape index (κ2) is 7.69. The summed E-state index contributed by atoms with van der Waals surface area (Å²) in [6.07, 6.45) is 10.7. The fourth-order valence-electron chi connectivity index (χ4n) is 4.33. The predicted octanol–water partition coefficient (Wildman–Crippen LogP) is 7.66. The lowest BCUT2D eigenvalue weighted by atomic mass is 9.87. The molecular formula is C27H25BrN2O. The smallest absolute Gasteiger partial charge is 0.133 e. The van der Waals surface area contributed by atoms with E-state index in [1.54, 1.807) is 0 Å². The Morgan fingerprint density at radius 2 is 1.74 bits per heavy atom. The predicted molar refractivity (Wildman–Crippen MR) is 131 cm³/mol. The van der Waals surface area contributed by atoms with Gasteiger partial charge in [-0.3, -0.25) is 0 Å². The summed E-state index contributed by atoms with van der Waals surface area (Å²) in [5, 5.41) is 0. The Kier molecular flexibility index (Phi) is 4.98. The molecule has 2 unspecified atom stereocenters. The summed E-state index contributed by atoms with van der Waals surface area (Å²) in [6.45, 7) is 6.71. The maximum Gasteiger partial charge on any atom is 0.133 e. The fourth-order valence-corrected chi connectivity index (χ4v) is 4.71. The molecule has 2 atom stereocenters. The number of nitrogens with zero attached hydrogens (tertiary/aromatic N) is 2. The first-order valence-electron chi connectivity index (χ1n) is 10.6. The van der Waals surface area contributed by atoms with Crippen LogP contribution < -0.4 is 9.64 Å². The second-order valence-corrected chi connectivity index (χ2v) is 10.0. The Morgan fingerprint density at radius 3 is 2.55 bits per heavy atom. The number of hydrogen-bond donors (Lipinski definition) is 0. The number of ether oxygens (including phenoxy) is 1. The molecule has 156 valence electrons. The van der Waals surface area contributed by atoms with Crippen LogP contribution in [0.1, 0.15) is 37.8 Å². The largest absolute Gasteiger partial charge is 0.457 e. The number of anilines is 2. The van der Waals surface area contributed by atoms with Crippen LogP contribution in [0.5, 0.6) is 11.5 Å². The molecule has 1 aliphatic carbocycles.